The number of aliphatic hydroxyl groups is 8. The van der Waals surface area contributed by atoms with E-state index in [0.717, 1.165) is 39.7 Å². The van der Waals surface area contributed by atoms with E-state index in [-0.39, 0.29) is 1320 Å². The first-order valence-corrected chi connectivity index (χ1v) is 23.5. The van der Waals surface area contributed by atoms with E-state index in [0.29, 0.717) is 57.4 Å². The minimum atomic E-state index is -1.73. The van der Waals surface area contributed by atoms with E-state index < -0.39 is 36.4 Å². The number of nitrogens with one attached hydrogen (secondary N) is 1. The van der Waals surface area contributed by atoms with Gasteiger partial charge in [-0.3, -0.25) is 24.3 Å². The first kappa shape index (κ1) is 341. The molecule has 68 heteroatoms. The zero-order chi connectivity index (χ0) is 60.8. The predicted molar refractivity (Wildman–Crippen MR) is 377 cm³/mol. The van der Waals surface area contributed by atoms with E-state index in [4.69, 9.17) is 60.7 Å². The number of carbonyl (C=O) groups is 5. The maximum Gasteiger partial charge on any atom is 0.368 e. The third-order valence-electron chi connectivity index (χ3n) is 10.4. The van der Waals surface area contributed by atoms with Crippen LogP contribution in [0.5, 0.6) is 0 Å². The zero-order valence-electron chi connectivity index (χ0n) is 66.9. The summed E-state index contributed by atoms with van der Waals surface area (Å²) in [6, 6.07) is 8.67. The van der Waals surface area contributed by atoms with Crippen LogP contribution in [-0.4, -0.2) is 180 Å². The Balaban J connectivity index is -0.0000000109. The third-order valence-corrected chi connectivity index (χ3v) is 10.4. The van der Waals surface area contributed by atoms with Crippen LogP contribution in [0, 0.1) is 74.9 Å². The second kappa shape index (κ2) is 219. The van der Waals surface area contributed by atoms with Crippen LogP contribution in [-0.2, 0) is 1210 Å². The first-order chi connectivity index (χ1) is 37.8. The summed E-state index contributed by atoms with van der Waals surface area (Å²) in [6.45, 7) is 16.3. The molecule has 0 aliphatic carbocycles. The number of fused-ring (bicyclic) bond motifs is 3. The van der Waals surface area contributed by atoms with E-state index in [1.165, 1.54) is 13.0 Å². The number of aryl methyl sites for hydroxylation is 8. The van der Waals surface area contributed by atoms with Gasteiger partial charge in [-0.25, -0.2) is 20.8 Å². The summed E-state index contributed by atoms with van der Waals surface area (Å²) in [6.07, 6.45) is 1.11. The Morgan fingerprint density at radius 2 is 0.611 bits per heavy atom. The summed E-state index contributed by atoms with van der Waals surface area (Å²) in [5, 5.41) is 134. The van der Waals surface area contributed by atoms with Crippen LogP contribution in [0.2, 0.25) is 0 Å². The van der Waals surface area contributed by atoms with Gasteiger partial charge in [-0.15, -0.1) is 43.7 Å². The van der Waals surface area contributed by atoms with Crippen LogP contribution >= 0.6 is 0 Å². The van der Waals surface area contributed by atoms with Gasteiger partial charge in [-0.2, -0.15) is 44.6 Å². The number of H-pyrrole nitrogens is 1. The standard InChI is InChI=1S/3C8H10N4O.C6H8N2O2.C6H7N2O.C6H10O5.C4H8O2.C2H2O3.14CH4.CH3.2W.34Y/c3*1-5-3-8-10-9-6(2)12(8)11-7(5)4-13;1-4-2-6(10)8-7-5(4)3-9;1-5-2-3-7-8-6(5)4-9;1-3(4(8)2-7)5(9)6(10)11;1-2-4(6)3-5;3-1-2(4)5;;;;;;;;;;;;;;;;;;;;;;;;;;;;;;;;;;;;;;;;;;;;;;;;;;;/h3*3,13H,4H2,1-2H3;2,9H,3H2,1H3,(H,8,10);2,9H,4H2,1H3;3,5,7,9H,2H2,1H3,(H,10,11);5H,2-3H2,1H3;1H,(H,4,5);14*1H4;1H3;;;;;;;;;;;;;;;;;;;;;;;;;;;;;;;;;;;;/q;;;;-1;;;;;;;;;;;;;;;;;;-1;;;;;;;;;;;;;;;;;;;;;;;;;;;;;;;;;;;;. The predicted octanol–water partition coefficient (Wildman–Crippen LogP) is 7.47. The van der Waals surface area contributed by atoms with E-state index >= 15 is 0 Å². The van der Waals surface area contributed by atoms with Crippen molar-refractivity contribution in [2.24, 2.45) is 5.92 Å². The average molecular weight is 4750 g/mol. The Kier molecular flexibility index (Phi) is 569. The molecular formula is C63H124N16O16W2Y34-2. The van der Waals surface area contributed by atoms with Crippen molar-refractivity contribution in [3.05, 3.63) is 128 Å². The van der Waals surface area contributed by atoms with Crippen LogP contribution in [0.1, 0.15) is 198 Å². The molecule has 0 spiro atoms. The van der Waals surface area contributed by atoms with Crippen molar-refractivity contribution in [3.8, 4) is 0 Å². The number of aliphatic hydroxyl groups excluding tert-OH is 8. The van der Waals surface area contributed by atoms with E-state index in [1.54, 1.807) is 33.5 Å². The number of ketones is 2. The van der Waals surface area contributed by atoms with Crippen LogP contribution < -0.4 is 5.56 Å². The molecule has 32 nitrogen and oxygen atoms in total. The van der Waals surface area contributed by atoms with Crippen molar-refractivity contribution in [2.75, 3.05) is 13.2 Å². The van der Waals surface area contributed by atoms with Crippen LogP contribution in [0.3, 0.4) is 0 Å². The van der Waals surface area contributed by atoms with Crippen molar-refractivity contribution in [3.63, 3.8) is 0 Å². The molecule has 0 aliphatic rings. The topological polar surface area (TPSA) is 488 Å². The monoisotopic (exact) mass is 4750 g/mol. The van der Waals surface area contributed by atoms with Crippen LogP contribution in [0.4, 0.5) is 0 Å². The molecule has 8 heterocycles. The molecule has 131 heavy (non-hydrogen) atoms. The van der Waals surface area contributed by atoms with E-state index in [2.05, 4.69) is 72.5 Å². The van der Waals surface area contributed by atoms with Crippen molar-refractivity contribution in [1.29, 1.82) is 0 Å². The Morgan fingerprint density at radius 3 is 0.771 bits per heavy atom. The molecule has 0 saturated carbocycles. The van der Waals surface area contributed by atoms with Crippen LogP contribution in [0.25, 0.3) is 16.9 Å². The number of hydrogen-bond donors (Lipinski definition) is 11. The number of aldehydes is 1. The number of aromatic amines is 1. The molecular weight excluding hydrogens is 4630 g/mol. The summed E-state index contributed by atoms with van der Waals surface area (Å²) < 4.78 is 4.87. The summed E-state index contributed by atoms with van der Waals surface area (Å²) in [5.41, 5.74) is 9.46. The SMILES string of the molecule is C.C.C.C.C.C.C.C.C.C.C.C.C.C.CC(C(=O)CO)C(O)C(=O)O.CCC(=O)CO.Cc1c[c-]nnc1CO.Cc1cc(=O)[nH]nc1CO.Cc1cc2nnc(C)n2nc1CO.Cc1cc2nnc(C)n2nc1CO.Cc1cc2nnc(C)n2nc1CO.O=CC(=O)O.[CH3-].[W].[W].[Y].[Y].[Y].[Y].[Y].[Y].[Y].[Y].[Y].[Y].[Y].[Y].[Y].[Y].[Y].[Y].[Y].[Y].[Y].[Y].[Y].[Y].[Y].[Y].[Y].[Y].[Y].[Y].[Y].[Y].[Y].[Y].[Y].[Y]. The summed E-state index contributed by atoms with van der Waals surface area (Å²) in [4.78, 5) is 59.1. The molecule has 8 aromatic rings. The van der Waals surface area contributed by atoms with Gasteiger partial charge >= 0.3 is 11.9 Å². The van der Waals surface area contributed by atoms with Gasteiger partial charge in [-0.1, -0.05) is 118 Å². The number of aliphatic carboxylic acids is 2. The van der Waals surface area contributed by atoms with Gasteiger partial charge in [-0.05, 0) is 88.9 Å². The smallest absolute Gasteiger partial charge is 0.368 e. The van der Waals surface area contributed by atoms with Crippen LogP contribution in [0.15, 0.2) is 35.1 Å². The minimum Gasteiger partial charge on any atom is -0.479 e. The van der Waals surface area contributed by atoms with Gasteiger partial charge in [0.1, 0.15) is 13.2 Å². The van der Waals surface area contributed by atoms with Gasteiger partial charge in [0.05, 0.1) is 61.7 Å². The van der Waals surface area contributed by atoms with Gasteiger partial charge in [0.2, 0.25) is 6.29 Å². The molecule has 11 N–H and O–H groups in total. The van der Waals surface area contributed by atoms with Crippen molar-refractivity contribution in [2.45, 2.75) is 219 Å². The first-order valence-electron chi connectivity index (χ1n) is 23.5. The molecule has 0 aliphatic heterocycles. The normalized spacial score (nSPS) is 6.61. The number of carboxylic acid groups (broad SMARTS) is 2. The fourth-order valence-corrected chi connectivity index (χ4v) is 5.52. The Labute approximate surface area is 1670 Å². The van der Waals surface area contributed by atoms with Crippen molar-refractivity contribution >= 4 is 46.7 Å². The molecule has 2 atom stereocenters. The Hall–Kier alpha value is 30.1. The molecule has 0 aromatic carbocycles. The molecule has 2 unspecified atom stereocenters. The maximum absolute atomic E-state index is 10.6. The molecule has 8 rings (SSSR count). The third kappa shape index (κ3) is 158. The number of Topliss-reactive ketones (excluding diaryl/α,β-unsaturated/α-hetero) is 2. The summed E-state index contributed by atoms with van der Waals surface area (Å²) in [7, 11) is 0. The molecule has 668 valence electrons. The van der Waals surface area contributed by atoms with E-state index in [9.17, 15) is 19.2 Å². The second-order valence-electron chi connectivity index (χ2n) is 16.3. The summed E-state index contributed by atoms with van der Waals surface area (Å²) in [5.74, 6) is -2.55. The second-order valence-corrected chi connectivity index (χ2v) is 16.3. The number of carboxylic acids is 2. The maximum atomic E-state index is 10.6. The van der Waals surface area contributed by atoms with Gasteiger partial charge in [0.25, 0.3) is 5.56 Å². The molecule has 34 radical (unpaired) electrons. The quantitative estimate of drug-likeness (QED) is 0.0321. The van der Waals surface area contributed by atoms with Gasteiger partial charge in [0.15, 0.2) is 52.1 Å². The van der Waals surface area contributed by atoms with Gasteiger partial charge in [0, 0.05) is 1170 Å². The molecule has 8 aromatic heterocycles. The number of rotatable bonds is 12. The molecule has 0 saturated heterocycles. The fourth-order valence-electron chi connectivity index (χ4n) is 5.52. The minimum absolute atomic E-state index is 0. The Bertz CT molecular complexity index is 3250. The van der Waals surface area contributed by atoms with E-state index in [1.807, 2.05) is 66.7 Å². The van der Waals surface area contributed by atoms with Crippen molar-refractivity contribution in [1.82, 2.24) is 79.8 Å². The van der Waals surface area contributed by atoms with Gasteiger partial charge < -0.3 is 58.5 Å². The molecule has 0 amide bonds. The fraction of sp³-hybridized carbons (Fsp3) is 0.540. The Morgan fingerprint density at radius 1 is 0.382 bits per heavy atom. The summed E-state index contributed by atoms with van der Waals surface area (Å²) >= 11 is 0. The molecule has 0 fully saturated rings. The zero-order valence-corrected chi connectivity index (χ0v) is 169. The van der Waals surface area contributed by atoms with Crippen molar-refractivity contribution < 1.29 is 1230 Å². The number of carbonyl (C=O) groups excluding carboxylic acids is 3. The molecule has 0 bridgehead atoms. The average Bonchev–Trinajstić information content (AvgIpc) is 1.70. The number of hydrogen-bond acceptors (Lipinski definition) is 26. The largest absolute Gasteiger partial charge is 0.479 e. The number of nitrogens with zero attached hydrogens (tertiary/aromatic N) is 15. The number of aromatic nitrogens is 16.